The molecule has 2 N–H and O–H groups in total. The third-order valence-electron chi connectivity index (χ3n) is 2.71. The highest BCUT2D eigenvalue weighted by Crippen LogP contribution is 2.25. The highest BCUT2D eigenvalue weighted by molar-refractivity contribution is 5.20. The van der Waals surface area contributed by atoms with Crippen molar-refractivity contribution in [2.24, 2.45) is 5.73 Å². The Bertz CT molecular complexity index is 361. The number of hydrogen-bond acceptors (Lipinski definition) is 2. The van der Waals surface area contributed by atoms with Crippen molar-refractivity contribution in [1.29, 1.82) is 0 Å². The average molecular weight is 264 g/mol. The summed E-state index contributed by atoms with van der Waals surface area (Å²) in [5.74, 6) is -0.423. The van der Waals surface area contributed by atoms with Gasteiger partial charge in [-0.1, -0.05) is 19.1 Å². The van der Waals surface area contributed by atoms with Crippen molar-refractivity contribution in [2.75, 3.05) is 19.6 Å². The van der Waals surface area contributed by atoms with Crippen molar-refractivity contribution in [3.8, 4) is 0 Å². The molecule has 0 aliphatic heterocycles. The molecule has 102 valence electrons. The van der Waals surface area contributed by atoms with Crippen molar-refractivity contribution in [3.05, 3.63) is 35.6 Å². The lowest BCUT2D eigenvalue weighted by molar-refractivity contribution is -0.150. The quantitative estimate of drug-likeness (QED) is 0.828. The van der Waals surface area contributed by atoms with E-state index in [0.29, 0.717) is 5.56 Å². The summed E-state index contributed by atoms with van der Waals surface area (Å²) in [7, 11) is 0. The van der Waals surface area contributed by atoms with Gasteiger partial charge >= 0.3 is 6.18 Å². The minimum absolute atomic E-state index is 0.0511. The van der Waals surface area contributed by atoms with Crippen LogP contribution in [0.1, 0.15) is 18.5 Å². The van der Waals surface area contributed by atoms with Gasteiger partial charge in [-0.15, -0.1) is 0 Å². The zero-order valence-electron chi connectivity index (χ0n) is 10.0. The fourth-order valence-corrected chi connectivity index (χ4v) is 1.85. The fraction of sp³-hybridized carbons (Fsp3) is 0.500. The van der Waals surface area contributed by atoms with Crippen LogP contribution in [0.2, 0.25) is 0 Å². The monoisotopic (exact) mass is 264 g/mol. The molecule has 1 aromatic rings. The maximum atomic E-state index is 12.8. The number of halogens is 4. The molecule has 0 heterocycles. The SMILES string of the molecule is CCN(CC(F)(F)F)C(CN)c1ccc(F)cc1. The van der Waals surface area contributed by atoms with Gasteiger partial charge in [-0.2, -0.15) is 13.2 Å². The average Bonchev–Trinajstić information content (AvgIpc) is 2.29. The Morgan fingerprint density at radius 1 is 1.22 bits per heavy atom. The Kier molecular flexibility index (Phi) is 5.10. The van der Waals surface area contributed by atoms with Gasteiger partial charge in [0.05, 0.1) is 6.54 Å². The van der Waals surface area contributed by atoms with Gasteiger partial charge in [0, 0.05) is 12.6 Å². The predicted octanol–water partition coefficient (Wildman–Crippen LogP) is 2.71. The predicted molar refractivity (Wildman–Crippen MR) is 61.5 cm³/mol. The smallest absolute Gasteiger partial charge is 0.329 e. The Morgan fingerprint density at radius 2 is 1.78 bits per heavy atom. The van der Waals surface area contributed by atoms with E-state index in [-0.39, 0.29) is 13.1 Å². The van der Waals surface area contributed by atoms with E-state index in [1.165, 1.54) is 29.2 Å². The first-order valence-corrected chi connectivity index (χ1v) is 5.63. The summed E-state index contributed by atoms with van der Waals surface area (Å²) in [4.78, 5) is 1.23. The minimum atomic E-state index is -4.27. The fourth-order valence-electron chi connectivity index (χ4n) is 1.85. The summed E-state index contributed by atoms with van der Waals surface area (Å²) in [6, 6.07) is 4.81. The van der Waals surface area contributed by atoms with Crippen LogP contribution >= 0.6 is 0 Å². The molecule has 0 aliphatic carbocycles. The number of rotatable bonds is 5. The number of alkyl halides is 3. The number of nitrogens with two attached hydrogens (primary N) is 1. The van der Waals surface area contributed by atoms with Crippen LogP contribution in [-0.4, -0.2) is 30.7 Å². The first-order valence-electron chi connectivity index (χ1n) is 5.63. The number of likely N-dealkylation sites (N-methyl/N-ethyl adjacent to an activating group) is 1. The van der Waals surface area contributed by atoms with Gasteiger partial charge in [0.25, 0.3) is 0 Å². The normalized spacial score (nSPS) is 13.9. The molecule has 6 heteroatoms. The van der Waals surface area contributed by atoms with Gasteiger partial charge in [0.2, 0.25) is 0 Å². The summed E-state index contributed by atoms with van der Waals surface area (Å²) < 4.78 is 50.1. The van der Waals surface area contributed by atoms with Crippen molar-refractivity contribution in [1.82, 2.24) is 4.90 Å². The maximum absolute atomic E-state index is 12.8. The number of hydrogen-bond donors (Lipinski definition) is 1. The van der Waals surface area contributed by atoms with Gasteiger partial charge in [-0.25, -0.2) is 4.39 Å². The van der Waals surface area contributed by atoms with E-state index >= 15 is 0 Å². The molecule has 0 fully saturated rings. The second-order valence-corrected chi connectivity index (χ2v) is 3.98. The lowest BCUT2D eigenvalue weighted by Crippen LogP contribution is -2.40. The molecule has 1 rings (SSSR count). The molecule has 0 spiro atoms. The van der Waals surface area contributed by atoms with Crippen molar-refractivity contribution >= 4 is 0 Å². The zero-order valence-corrected chi connectivity index (χ0v) is 10.0. The van der Waals surface area contributed by atoms with E-state index in [1.807, 2.05) is 0 Å². The highest BCUT2D eigenvalue weighted by atomic mass is 19.4. The van der Waals surface area contributed by atoms with Gasteiger partial charge < -0.3 is 5.73 Å². The number of nitrogens with zero attached hydrogens (tertiary/aromatic N) is 1. The third kappa shape index (κ3) is 4.27. The third-order valence-corrected chi connectivity index (χ3v) is 2.71. The first-order chi connectivity index (χ1) is 8.37. The van der Waals surface area contributed by atoms with Gasteiger partial charge in [-0.3, -0.25) is 4.90 Å². The highest BCUT2D eigenvalue weighted by Gasteiger charge is 2.33. The lowest BCUT2D eigenvalue weighted by Gasteiger charge is -2.30. The van der Waals surface area contributed by atoms with E-state index in [4.69, 9.17) is 5.73 Å². The van der Waals surface area contributed by atoms with Crippen molar-refractivity contribution in [2.45, 2.75) is 19.1 Å². The summed E-state index contributed by atoms with van der Waals surface area (Å²) in [6.07, 6.45) is -4.27. The van der Waals surface area contributed by atoms with E-state index in [9.17, 15) is 17.6 Å². The van der Waals surface area contributed by atoms with E-state index in [2.05, 4.69) is 0 Å². The van der Waals surface area contributed by atoms with Crippen molar-refractivity contribution in [3.63, 3.8) is 0 Å². The van der Waals surface area contributed by atoms with Crippen molar-refractivity contribution < 1.29 is 17.6 Å². The minimum Gasteiger partial charge on any atom is -0.329 e. The molecule has 0 amide bonds. The number of benzene rings is 1. The molecule has 1 atom stereocenters. The molecule has 0 aliphatic rings. The van der Waals surface area contributed by atoms with Gasteiger partial charge in [0.15, 0.2) is 0 Å². The van der Waals surface area contributed by atoms with E-state index in [0.717, 1.165) is 0 Å². The molecule has 0 aromatic heterocycles. The molecule has 0 bridgehead atoms. The molecule has 0 saturated heterocycles. The molecule has 2 nitrogen and oxygen atoms in total. The Hall–Kier alpha value is -1.14. The molecular formula is C12H16F4N2. The molecule has 0 radical (unpaired) electrons. The Morgan fingerprint density at radius 3 is 2.17 bits per heavy atom. The van der Waals surface area contributed by atoms with E-state index in [1.54, 1.807) is 6.92 Å². The molecule has 1 aromatic carbocycles. The van der Waals surface area contributed by atoms with Crippen LogP contribution in [0.25, 0.3) is 0 Å². The largest absolute Gasteiger partial charge is 0.401 e. The Labute approximate surface area is 103 Å². The van der Waals surface area contributed by atoms with Gasteiger partial charge in [-0.05, 0) is 24.2 Å². The van der Waals surface area contributed by atoms with Crippen LogP contribution in [0.5, 0.6) is 0 Å². The summed E-state index contributed by atoms with van der Waals surface area (Å²) in [6.45, 7) is 0.884. The maximum Gasteiger partial charge on any atom is 0.401 e. The topological polar surface area (TPSA) is 29.3 Å². The standard InChI is InChI=1S/C12H16F4N2/c1-2-18(8-12(14,15)16)11(7-17)9-3-5-10(13)6-4-9/h3-6,11H,2,7-8,17H2,1H3. The molecular weight excluding hydrogens is 248 g/mol. The van der Waals surface area contributed by atoms with Crippen LogP contribution in [0.3, 0.4) is 0 Å². The Balaban J connectivity index is 2.89. The lowest BCUT2D eigenvalue weighted by atomic mass is 10.1. The first kappa shape index (κ1) is 14.9. The summed E-state index contributed by atoms with van der Waals surface area (Å²) in [5.41, 5.74) is 6.12. The van der Waals surface area contributed by atoms with Crippen LogP contribution < -0.4 is 5.73 Å². The second kappa shape index (κ2) is 6.15. The molecule has 1 unspecified atom stereocenters. The summed E-state index contributed by atoms with van der Waals surface area (Å²) >= 11 is 0. The van der Waals surface area contributed by atoms with Crippen LogP contribution in [0, 0.1) is 5.82 Å². The van der Waals surface area contributed by atoms with Gasteiger partial charge in [0.1, 0.15) is 5.82 Å². The van der Waals surface area contributed by atoms with E-state index < -0.39 is 24.6 Å². The second-order valence-electron chi connectivity index (χ2n) is 3.98. The summed E-state index contributed by atoms with van der Waals surface area (Å²) in [5, 5.41) is 0. The molecule has 0 saturated carbocycles. The van der Waals surface area contributed by atoms with Crippen LogP contribution in [0.15, 0.2) is 24.3 Å². The zero-order chi connectivity index (χ0) is 13.8. The van der Waals surface area contributed by atoms with Crippen LogP contribution in [0.4, 0.5) is 17.6 Å². The molecule has 18 heavy (non-hydrogen) atoms. The van der Waals surface area contributed by atoms with Crippen LogP contribution in [-0.2, 0) is 0 Å².